The zero-order valence-corrected chi connectivity index (χ0v) is 27.1. The number of halogens is 4. The van der Waals surface area contributed by atoms with E-state index < -0.39 is 18.6 Å². The van der Waals surface area contributed by atoms with Gasteiger partial charge in [0.2, 0.25) is 5.91 Å². The van der Waals surface area contributed by atoms with Gasteiger partial charge in [-0.05, 0) is 27.6 Å². The molecular weight excluding hydrogens is 651 g/mol. The Labute approximate surface area is 280 Å². The quantitative estimate of drug-likeness (QED) is 0.281. The normalized spacial score (nSPS) is 19.0. The van der Waals surface area contributed by atoms with Crippen LogP contribution in [0.4, 0.5) is 13.2 Å². The van der Waals surface area contributed by atoms with E-state index in [1.165, 1.54) is 20.3 Å². The molecule has 1 N–H and O–H groups in total. The number of piperazine rings is 2. The third kappa shape index (κ3) is 6.57. The summed E-state index contributed by atoms with van der Waals surface area (Å²) in [4.78, 5) is 18.9. The van der Waals surface area contributed by atoms with Crippen molar-refractivity contribution in [3.8, 4) is 17.2 Å². The summed E-state index contributed by atoms with van der Waals surface area (Å²) in [6.07, 6.45) is -4.84. The van der Waals surface area contributed by atoms with E-state index in [1.807, 2.05) is 36.4 Å². The summed E-state index contributed by atoms with van der Waals surface area (Å²) in [5.41, 5.74) is 2.59. The van der Waals surface area contributed by atoms with Crippen LogP contribution in [0, 0.1) is 0 Å². The van der Waals surface area contributed by atoms with Gasteiger partial charge < -0.3 is 19.5 Å². The molecule has 15 heteroatoms. The molecule has 3 aromatic carbocycles. The van der Waals surface area contributed by atoms with Crippen LogP contribution in [0.5, 0.6) is 11.5 Å². The molecule has 0 spiro atoms. The number of aromatic nitrogens is 4. The van der Waals surface area contributed by atoms with Crippen LogP contribution < -0.4 is 9.47 Å². The highest BCUT2D eigenvalue weighted by atomic mass is 35.5. The van der Waals surface area contributed by atoms with Gasteiger partial charge in [-0.2, -0.15) is 17.9 Å². The molecule has 3 heterocycles. The third-order valence-corrected chi connectivity index (χ3v) is 9.34. The molecule has 2 aliphatic rings. The van der Waals surface area contributed by atoms with Crippen molar-refractivity contribution in [3.05, 3.63) is 94.3 Å². The molecule has 1 amide bonds. The standard InChI is InChI=1S/C33H35ClF3N7O4/c1-47-30-24(31(48-2)26(15-25(30)34)44-32(33(35,36)37)38-39-40-44)18-41-16-23-17-42(28(46)20-45)13-14-43(23)27(19-41)29(21-9-5-3-6-10-21)22-11-7-4-8-12-22/h3-12,15,23,27,29,45H,13-14,16-20H2,1-2H3/t23-,27+/m1/s1. The Hall–Kier alpha value is -4.24. The van der Waals surface area contributed by atoms with Gasteiger partial charge in [0.1, 0.15) is 18.0 Å². The molecule has 4 aromatic rings. The molecule has 0 unspecified atom stereocenters. The van der Waals surface area contributed by atoms with E-state index in [0.29, 0.717) is 43.0 Å². The van der Waals surface area contributed by atoms with Crippen molar-refractivity contribution < 1.29 is 32.5 Å². The van der Waals surface area contributed by atoms with Gasteiger partial charge in [-0.25, -0.2) is 0 Å². The highest BCUT2D eigenvalue weighted by molar-refractivity contribution is 6.32. The molecule has 254 valence electrons. The van der Waals surface area contributed by atoms with Crippen molar-refractivity contribution in [2.45, 2.75) is 30.7 Å². The summed E-state index contributed by atoms with van der Waals surface area (Å²) in [6.45, 7) is 2.17. The van der Waals surface area contributed by atoms with Crippen LogP contribution in [0.1, 0.15) is 28.4 Å². The van der Waals surface area contributed by atoms with Crippen LogP contribution in [-0.2, 0) is 17.5 Å². The highest BCUT2D eigenvalue weighted by Crippen LogP contribution is 2.43. The Morgan fingerprint density at radius 1 is 0.979 bits per heavy atom. The number of alkyl halides is 3. The number of aliphatic hydroxyl groups is 1. The number of hydrogen-bond acceptors (Lipinski definition) is 9. The number of nitrogens with zero attached hydrogens (tertiary/aromatic N) is 7. The fraction of sp³-hybridized carbons (Fsp3) is 0.394. The number of amides is 1. The zero-order chi connectivity index (χ0) is 34.0. The van der Waals surface area contributed by atoms with Gasteiger partial charge in [0.25, 0.3) is 5.82 Å². The summed E-state index contributed by atoms with van der Waals surface area (Å²) in [5.74, 6) is -1.38. The number of tetrazole rings is 1. The second kappa shape index (κ2) is 14.1. The summed E-state index contributed by atoms with van der Waals surface area (Å²) < 4.78 is 53.6. The lowest BCUT2D eigenvalue weighted by molar-refractivity contribution is -0.146. The monoisotopic (exact) mass is 685 g/mol. The molecule has 6 rings (SSSR count). The Morgan fingerprint density at radius 3 is 2.21 bits per heavy atom. The molecule has 0 bridgehead atoms. The zero-order valence-electron chi connectivity index (χ0n) is 26.3. The van der Waals surface area contributed by atoms with E-state index in [9.17, 15) is 23.1 Å². The topological polar surface area (TPSA) is 109 Å². The number of rotatable bonds is 9. The smallest absolute Gasteiger partial charge is 0.453 e. The highest BCUT2D eigenvalue weighted by Gasteiger charge is 2.44. The van der Waals surface area contributed by atoms with Crippen LogP contribution in [0.15, 0.2) is 66.7 Å². The van der Waals surface area contributed by atoms with Gasteiger partial charge in [0.15, 0.2) is 5.75 Å². The Morgan fingerprint density at radius 2 is 1.62 bits per heavy atom. The Balaban J connectivity index is 1.44. The summed E-state index contributed by atoms with van der Waals surface area (Å²) >= 11 is 6.65. The van der Waals surface area contributed by atoms with Crippen LogP contribution in [0.25, 0.3) is 5.69 Å². The van der Waals surface area contributed by atoms with E-state index in [4.69, 9.17) is 21.1 Å². The maximum Gasteiger partial charge on any atom is 0.453 e. The minimum atomic E-state index is -4.84. The van der Waals surface area contributed by atoms with E-state index in [2.05, 4.69) is 49.6 Å². The third-order valence-electron chi connectivity index (χ3n) is 9.06. The van der Waals surface area contributed by atoms with Crippen molar-refractivity contribution in [2.24, 2.45) is 0 Å². The van der Waals surface area contributed by atoms with E-state index in [-0.39, 0.29) is 52.7 Å². The van der Waals surface area contributed by atoms with Crippen molar-refractivity contribution >= 4 is 17.5 Å². The number of methoxy groups -OCH3 is 2. The molecule has 11 nitrogen and oxygen atoms in total. The van der Waals surface area contributed by atoms with E-state index in [0.717, 1.165) is 11.1 Å². The molecule has 0 saturated carbocycles. The minimum absolute atomic E-state index is 0.0490. The maximum atomic E-state index is 13.9. The first-order chi connectivity index (χ1) is 23.1. The lowest BCUT2D eigenvalue weighted by Gasteiger charge is -2.53. The minimum Gasteiger partial charge on any atom is -0.495 e. The number of fused-ring (bicyclic) bond motifs is 1. The average molecular weight is 686 g/mol. The van der Waals surface area contributed by atoms with E-state index >= 15 is 0 Å². The first kappa shape index (κ1) is 33.7. The summed E-state index contributed by atoms with van der Waals surface area (Å²) in [6, 6.07) is 21.5. The second-order valence-electron chi connectivity index (χ2n) is 11.8. The van der Waals surface area contributed by atoms with Crippen LogP contribution in [-0.4, -0.2) is 112 Å². The Kier molecular flexibility index (Phi) is 9.88. The van der Waals surface area contributed by atoms with E-state index in [1.54, 1.807) is 4.90 Å². The molecule has 0 aliphatic carbocycles. The predicted octanol–water partition coefficient (Wildman–Crippen LogP) is 3.87. The largest absolute Gasteiger partial charge is 0.495 e. The number of carbonyl (C=O) groups is 1. The van der Waals surface area contributed by atoms with Gasteiger partial charge >= 0.3 is 6.18 Å². The first-order valence-electron chi connectivity index (χ1n) is 15.4. The molecule has 0 radical (unpaired) electrons. The van der Waals surface area contributed by atoms with Crippen molar-refractivity contribution in [3.63, 3.8) is 0 Å². The molecule has 2 saturated heterocycles. The summed E-state index contributed by atoms with van der Waals surface area (Å²) in [5, 5.41) is 19.8. The van der Waals surface area contributed by atoms with Gasteiger partial charge in [-0.3, -0.25) is 14.6 Å². The first-order valence-corrected chi connectivity index (χ1v) is 15.8. The maximum absolute atomic E-state index is 13.9. The van der Waals surface area contributed by atoms with Crippen molar-refractivity contribution in [1.82, 2.24) is 34.9 Å². The molecule has 48 heavy (non-hydrogen) atoms. The molecule has 2 atom stereocenters. The lowest BCUT2D eigenvalue weighted by Crippen LogP contribution is -2.67. The number of benzene rings is 3. The predicted molar refractivity (Wildman–Crippen MR) is 170 cm³/mol. The van der Waals surface area contributed by atoms with Gasteiger partial charge in [-0.15, -0.1) is 5.10 Å². The fourth-order valence-electron chi connectivity index (χ4n) is 7.07. The van der Waals surface area contributed by atoms with Gasteiger partial charge in [-0.1, -0.05) is 72.3 Å². The van der Waals surface area contributed by atoms with Crippen LogP contribution in [0.2, 0.25) is 5.02 Å². The number of hydrogen-bond donors (Lipinski definition) is 1. The molecule has 2 fully saturated rings. The SMILES string of the molecule is COc1c(Cl)cc(-n2nnnc2C(F)(F)F)c(OC)c1CN1C[C@@H]2CN(C(=O)CO)CCN2[C@H](C(c2ccccc2)c2ccccc2)C1. The van der Waals surface area contributed by atoms with Gasteiger partial charge in [0, 0.05) is 57.3 Å². The number of aliphatic hydroxyl groups excluding tert-OH is 1. The van der Waals surface area contributed by atoms with Crippen LogP contribution >= 0.6 is 11.6 Å². The average Bonchev–Trinajstić information content (AvgIpc) is 3.60. The van der Waals surface area contributed by atoms with Crippen LogP contribution in [0.3, 0.4) is 0 Å². The lowest BCUT2D eigenvalue weighted by atomic mass is 9.81. The fourth-order valence-corrected chi connectivity index (χ4v) is 7.37. The molecule has 1 aromatic heterocycles. The summed E-state index contributed by atoms with van der Waals surface area (Å²) in [7, 11) is 2.79. The van der Waals surface area contributed by atoms with Gasteiger partial charge in [0.05, 0.1) is 24.8 Å². The molecular formula is C33H35ClF3N7O4. The van der Waals surface area contributed by atoms with Crippen molar-refractivity contribution in [1.29, 1.82) is 0 Å². The second-order valence-corrected chi connectivity index (χ2v) is 12.2. The number of carbonyl (C=O) groups excluding carboxylic acids is 1. The van der Waals surface area contributed by atoms with Crippen molar-refractivity contribution in [2.75, 3.05) is 53.6 Å². The number of ether oxygens (including phenoxy) is 2. The molecule has 2 aliphatic heterocycles. The Bertz CT molecular complexity index is 1690.